The van der Waals surface area contributed by atoms with Crippen molar-refractivity contribution in [2.45, 2.75) is 52.0 Å². The zero-order valence-corrected chi connectivity index (χ0v) is 14.7. The van der Waals surface area contributed by atoms with E-state index in [1.54, 1.807) is 0 Å². The summed E-state index contributed by atoms with van der Waals surface area (Å²) in [6.45, 7) is 5.41. The second kappa shape index (κ2) is 9.30. The summed E-state index contributed by atoms with van der Waals surface area (Å²) in [5, 5.41) is 2.99. The van der Waals surface area contributed by atoms with E-state index in [9.17, 15) is 9.59 Å². The Labute approximate surface area is 144 Å². The Kier molecular flexibility index (Phi) is 7.09. The first-order valence-corrected chi connectivity index (χ1v) is 8.91. The zero-order chi connectivity index (χ0) is 17.4. The average molecular weight is 332 g/mol. The Morgan fingerprint density at radius 2 is 1.83 bits per heavy atom. The summed E-state index contributed by atoms with van der Waals surface area (Å²) in [5.41, 5.74) is 1.28. The molecule has 132 valence electrons. The van der Waals surface area contributed by atoms with Gasteiger partial charge >= 0.3 is 0 Å². The Hall–Kier alpha value is -2.04. The lowest BCUT2D eigenvalue weighted by Gasteiger charge is -2.32. The third kappa shape index (κ3) is 5.55. The molecule has 5 heteroatoms. The lowest BCUT2D eigenvalue weighted by Crippen LogP contribution is -2.47. The number of carbonyl (C=O) groups is 2. The molecule has 2 amide bonds. The van der Waals surface area contributed by atoms with Crippen molar-refractivity contribution in [3.63, 3.8) is 0 Å². The highest BCUT2D eigenvalue weighted by Gasteiger charge is 2.23. The van der Waals surface area contributed by atoms with Crippen LogP contribution in [0.15, 0.2) is 24.3 Å². The topological polar surface area (TPSA) is 58.6 Å². The fraction of sp³-hybridized carbons (Fsp3) is 0.579. The molecule has 0 aromatic heterocycles. The number of benzene rings is 1. The Morgan fingerprint density at radius 3 is 2.42 bits per heavy atom. The molecule has 1 saturated heterocycles. The predicted octanol–water partition coefficient (Wildman–Crippen LogP) is 2.54. The van der Waals surface area contributed by atoms with Crippen molar-refractivity contribution in [1.29, 1.82) is 0 Å². The minimum atomic E-state index is 0.00732. The van der Waals surface area contributed by atoms with E-state index in [1.807, 2.05) is 36.1 Å². The number of nitrogens with one attached hydrogen (secondary N) is 1. The molecule has 1 fully saturated rings. The van der Waals surface area contributed by atoms with Crippen LogP contribution in [0.4, 0.5) is 0 Å². The first-order valence-electron chi connectivity index (χ1n) is 8.91. The molecular formula is C19H28N2O3. The van der Waals surface area contributed by atoms with Gasteiger partial charge in [0.2, 0.25) is 5.91 Å². The quantitative estimate of drug-likeness (QED) is 0.835. The first kappa shape index (κ1) is 18.3. The molecule has 0 spiro atoms. The van der Waals surface area contributed by atoms with Crippen LogP contribution in [0.3, 0.4) is 0 Å². The van der Waals surface area contributed by atoms with Gasteiger partial charge < -0.3 is 15.0 Å². The molecule has 1 aromatic carbocycles. The third-order valence-corrected chi connectivity index (χ3v) is 4.36. The smallest absolute Gasteiger partial charge is 0.260 e. The predicted molar refractivity (Wildman–Crippen MR) is 94.0 cm³/mol. The van der Waals surface area contributed by atoms with Crippen molar-refractivity contribution in [2.75, 3.05) is 19.7 Å². The number of rotatable bonds is 7. The van der Waals surface area contributed by atoms with Crippen molar-refractivity contribution >= 4 is 11.8 Å². The van der Waals surface area contributed by atoms with E-state index in [0.29, 0.717) is 19.5 Å². The molecule has 1 heterocycles. The highest BCUT2D eigenvalue weighted by molar-refractivity contribution is 5.78. The van der Waals surface area contributed by atoms with E-state index >= 15 is 0 Å². The number of ether oxygens (including phenoxy) is 1. The van der Waals surface area contributed by atoms with Crippen molar-refractivity contribution < 1.29 is 14.3 Å². The van der Waals surface area contributed by atoms with Crippen molar-refractivity contribution in [1.82, 2.24) is 10.2 Å². The molecule has 1 aliphatic heterocycles. The van der Waals surface area contributed by atoms with E-state index in [2.05, 4.69) is 12.2 Å². The highest BCUT2D eigenvalue weighted by Crippen LogP contribution is 2.15. The molecule has 0 radical (unpaired) electrons. The van der Waals surface area contributed by atoms with Crippen molar-refractivity contribution in [2.24, 2.45) is 0 Å². The minimum absolute atomic E-state index is 0.00732. The van der Waals surface area contributed by atoms with Gasteiger partial charge in [0.05, 0.1) is 0 Å². The Balaban J connectivity index is 1.72. The summed E-state index contributed by atoms with van der Waals surface area (Å²) >= 11 is 0. The summed E-state index contributed by atoms with van der Waals surface area (Å²) in [7, 11) is 0. The van der Waals surface area contributed by atoms with E-state index in [-0.39, 0.29) is 24.5 Å². The van der Waals surface area contributed by atoms with E-state index in [4.69, 9.17) is 4.74 Å². The number of amides is 2. The fourth-order valence-electron chi connectivity index (χ4n) is 2.88. The molecule has 2 rings (SSSR count). The van der Waals surface area contributed by atoms with Crippen molar-refractivity contribution in [3.8, 4) is 5.75 Å². The standard InChI is InChI=1S/C19H28N2O3/c1-3-5-15-6-8-17(9-7-15)24-14-19(23)21-12-10-16(11-13-21)20-18(22)4-2/h6-9,16H,3-5,10-14H2,1-2H3,(H,20,22). The van der Waals surface area contributed by atoms with Crippen LogP contribution in [-0.4, -0.2) is 42.5 Å². The minimum Gasteiger partial charge on any atom is -0.484 e. The molecule has 24 heavy (non-hydrogen) atoms. The van der Waals surface area contributed by atoms with Crippen LogP contribution in [0.5, 0.6) is 5.75 Å². The van der Waals surface area contributed by atoms with Crippen LogP contribution in [0, 0.1) is 0 Å². The summed E-state index contributed by atoms with van der Waals surface area (Å²) in [4.78, 5) is 25.5. The molecule has 0 bridgehead atoms. The molecule has 1 N–H and O–H groups in total. The SMILES string of the molecule is CCCc1ccc(OCC(=O)N2CCC(NC(=O)CC)CC2)cc1. The van der Waals surface area contributed by atoms with Crippen LogP contribution >= 0.6 is 0 Å². The number of aryl methyl sites for hydroxylation is 1. The largest absolute Gasteiger partial charge is 0.484 e. The molecule has 0 unspecified atom stereocenters. The Morgan fingerprint density at radius 1 is 1.17 bits per heavy atom. The lowest BCUT2D eigenvalue weighted by molar-refractivity contribution is -0.134. The molecule has 5 nitrogen and oxygen atoms in total. The van der Waals surface area contributed by atoms with Crippen LogP contribution in [-0.2, 0) is 16.0 Å². The first-order chi connectivity index (χ1) is 11.6. The summed E-state index contributed by atoms with van der Waals surface area (Å²) < 4.78 is 5.60. The second-order valence-electron chi connectivity index (χ2n) is 6.26. The summed E-state index contributed by atoms with van der Waals surface area (Å²) in [5.74, 6) is 0.816. The number of likely N-dealkylation sites (tertiary alicyclic amines) is 1. The van der Waals surface area contributed by atoms with Gasteiger partial charge in [-0.05, 0) is 37.0 Å². The van der Waals surface area contributed by atoms with Gasteiger partial charge in [-0.2, -0.15) is 0 Å². The van der Waals surface area contributed by atoms with E-state index < -0.39 is 0 Å². The number of piperidine rings is 1. The molecule has 0 saturated carbocycles. The number of nitrogens with zero attached hydrogens (tertiary/aromatic N) is 1. The summed E-state index contributed by atoms with van der Waals surface area (Å²) in [6.07, 6.45) is 4.30. The van der Waals surface area contributed by atoms with Gasteiger partial charge in [0.25, 0.3) is 5.91 Å². The maximum atomic E-state index is 12.2. The number of carbonyl (C=O) groups excluding carboxylic acids is 2. The monoisotopic (exact) mass is 332 g/mol. The van der Waals surface area contributed by atoms with Gasteiger partial charge in [-0.25, -0.2) is 0 Å². The van der Waals surface area contributed by atoms with Gasteiger partial charge in [-0.1, -0.05) is 32.4 Å². The third-order valence-electron chi connectivity index (χ3n) is 4.36. The summed E-state index contributed by atoms with van der Waals surface area (Å²) in [6, 6.07) is 8.12. The molecule has 0 atom stereocenters. The highest BCUT2D eigenvalue weighted by atomic mass is 16.5. The fourth-order valence-corrected chi connectivity index (χ4v) is 2.88. The van der Waals surface area contributed by atoms with Crippen LogP contribution < -0.4 is 10.1 Å². The van der Waals surface area contributed by atoms with Gasteiger partial charge in [0.1, 0.15) is 5.75 Å². The molecule has 0 aliphatic carbocycles. The van der Waals surface area contributed by atoms with Gasteiger partial charge in [0.15, 0.2) is 6.61 Å². The maximum absolute atomic E-state index is 12.2. The van der Waals surface area contributed by atoms with Crippen LogP contribution in [0.25, 0.3) is 0 Å². The number of hydrogen-bond donors (Lipinski definition) is 1. The van der Waals surface area contributed by atoms with Crippen LogP contribution in [0.2, 0.25) is 0 Å². The maximum Gasteiger partial charge on any atom is 0.260 e. The van der Waals surface area contributed by atoms with Gasteiger partial charge in [-0.15, -0.1) is 0 Å². The average Bonchev–Trinajstić information content (AvgIpc) is 2.61. The van der Waals surface area contributed by atoms with Gasteiger partial charge in [-0.3, -0.25) is 9.59 Å². The second-order valence-corrected chi connectivity index (χ2v) is 6.26. The van der Waals surface area contributed by atoms with E-state index in [1.165, 1.54) is 5.56 Å². The molecular weight excluding hydrogens is 304 g/mol. The Bertz CT molecular complexity index is 534. The molecule has 1 aliphatic rings. The van der Waals surface area contributed by atoms with Crippen LogP contribution in [0.1, 0.15) is 45.1 Å². The normalized spacial score (nSPS) is 15.2. The van der Waals surface area contributed by atoms with Crippen molar-refractivity contribution in [3.05, 3.63) is 29.8 Å². The van der Waals surface area contributed by atoms with Gasteiger partial charge in [0, 0.05) is 25.6 Å². The number of hydrogen-bond acceptors (Lipinski definition) is 3. The zero-order valence-electron chi connectivity index (χ0n) is 14.7. The molecule has 1 aromatic rings. The van der Waals surface area contributed by atoms with E-state index in [0.717, 1.165) is 31.4 Å². The lowest BCUT2D eigenvalue weighted by atomic mass is 10.0.